The van der Waals surface area contributed by atoms with E-state index in [4.69, 9.17) is 22.0 Å². The van der Waals surface area contributed by atoms with Crippen molar-refractivity contribution in [2.75, 3.05) is 12.0 Å². The lowest BCUT2D eigenvalue weighted by Crippen LogP contribution is -2.04. The van der Waals surface area contributed by atoms with E-state index >= 15 is 0 Å². The third-order valence-corrected chi connectivity index (χ3v) is 4.73. The topological polar surface area (TPSA) is 95.2 Å². The summed E-state index contributed by atoms with van der Waals surface area (Å²) in [6, 6.07) is 4.15. The molecule has 0 amide bonds. The molecular weight excluding hydrogens is 298 g/mol. The number of nitrogens with zero attached hydrogens (tertiary/aromatic N) is 1. The second-order valence-corrected chi connectivity index (χ2v) is 6.63. The van der Waals surface area contributed by atoms with E-state index in [0.717, 1.165) is 24.1 Å². The van der Waals surface area contributed by atoms with Crippen LogP contribution in [0.25, 0.3) is 0 Å². The summed E-state index contributed by atoms with van der Waals surface area (Å²) >= 11 is 6.77. The molecule has 5 nitrogen and oxygen atoms in total. The molecule has 0 aliphatic rings. The second kappa shape index (κ2) is 5.61. The fourth-order valence-electron chi connectivity index (χ4n) is 1.23. The monoisotopic (exact) mass is 305 g/mol. The number of sulfone groups is 1. The number of hydrogen-bond donors (Lipinski definition) is 1. The van der Waals surface area contributed by atoms with Gasteiger partial charge in [-0.25, -0.2) is 13.2 Å². The summed E-state index contributed by atoms with van der Waals surface area (Å²) in [6.45, 7) is 0. The van der Waals surface area contributed by atoms with Gasteiger partial charge in [0.25, 0.3) is 0 Å². The summed E-state index contributed by atoms with van der Waals surface area (Å²) in [5.41, 5.74) is -0.190. The predicted octanol–water partition coefficient (Wildman–Crippen LogP) is 2.06. The standard InChI is InChI=1S/C10H8ClNO4S2/c1-18(15,16)7-3-2-6(10(13)14)8(11)9(7)17-5-4-12/h2-3H,5H2,1H3,(H,13,14). The summed E-state index contributed by atoms with van der Waals surface area (Å²) in [7, 11) is -3.54. The molecule has 0 spiro atoms. The molecule has 0 fully saturated rings. The number of nitriles is 1. The van der Waals surface area contributed by atoms with Crippen LogP contribution in [0.2, 0.25) is 5.02 Å². The Morgan fingerprint density at radius 2 is 2.17 bits per heavy atom. The Morgan fingerprint density at radius 1 is 1.56 bits per heavy atom. The Labute approximate surface area is 113 Å². The lowest BCUT2D eigenvalue weighted by atomic mass is 10.2. The lowest BCUT2D eigenvalue weighted by Gasteiger charge is -2.10. The Balaban J connectivity index is 3.52. The van der Waals surface area contributed by atoms with Crippen molar-refractivity contribution in [2.45, 2.75) is 9.79 Å². The van der Waals surface area contributed by atoms with Gasteiger partial charge in [-0.05, 0) is 12.1 Å². The van der Waals surface area contributed by atoms with Crippen LogP contribution in [-0.4, -0.2) is 31.5 Å². The van der Waals surface area contributed by atoms with E-state index in [0.29, 0.717) is 0 Å². The Kier molecular flexibility index (Phi) is 4.62. The number of carboxylic acids is 1. The maximum Gasteiger partial charge on any atom is 0.337 e. The average molecular weight is 306 g/mol. The van der Waals surface area contributed by atoms with Crippen LogP contribution in [0, 0.1) is 11.3 Å². The highest BCUT2D eigenvalue weighted by Crippen LogP contribution is 2.35. The molecule has 0 aliphatic carbocycles. The zero-order chi connectivity index (χ0) is 13.9. The molecular formula is C10H8ClNO4S2. The number of carbonyl (C=O) groups is 1. The van der Waals surface area contributed by atoms with Gasteiger partial charge in [-0.1, -0.05) is 11.6 Å². The summed E-state index contributed by atoms with van der Waals surface area (Å²) in [5.74, 6) is -1.27. The molecule has 1 rings (SSSR count). The number of halogens is 1. The minimum Gasteiger partial charge on any atom is -0.478 e. The van der Waals surface area contributed by atoms with E-state index in [9.17, 15) is 13.2 Å². The predicted molar refractivity (Wildman–Crippen MR) is 67.9 cm³/mol. The first-order chi connectivity index (χ1) is 8.29. The molecule has 0 bridgehead atoms. The van der Waals surface area contributed by atoms with Gasteiger partial charge in [-0.3, -0.25) is 0 Å². The van der Waals surface area contributed by atoms with Gasteiger partial charge in [0.1, 0.15) is 0 Å². The van der Waals surface area contributed by atoms with E-state index in [1.54, 1.807) is 0 Å². The second-order valence-electron chi connectivity index (χ2n) is 3.28. The Bertz CT molecular complexity index is 634. The first kappa shape index (κ1) is 14.8. The average Bonchev–Trinajstić information content (AvgIpc) is 2.25. The van der Waals surface area contributed by atoms with Gasteiger partial charge in [-0.15, -0.1) is 11.8 Å². The van der Waals surface area contributed by atoms with E-state index in [1.807, 2.05) is 6.07 Å². The van der Waals surface area contributed by atoms with Crippen LogP contribution < -0.4 is 0 Å². The van der Waals surface area contributed by atoms with E-state index in [1.165, 1.54) is 6.07 Å². The lowest BCUT2D eigenvalue weighted by molar-refractivity contribution is 0.0696. The van der Waals surface area contributed by atoms with Gasteiger partial charge in [-0.2, -0.15) is 5.26 Å². The van der Waals surface area contributed by atoms with E-state index in [2.05, 4.69) is 0 Å². The van der Waals surface area contributed by atoms with Crippen LogP contribution in [-0.2, 0) is 9.84 Å². The van der Waals surface area contributed by atoms with Crippen LogP contribution in [0.3, 0.4) is 0 Å². The fraction of sp³-hybridized carbons (Fsp3) is 0.200. The highest BCUT2D eigenvalue weighted by Gasteiger charge is 2.21. The molecule has 0 atom stereocenters. The third-order valence-electron chi connectivity index (χ3n) is 1.97. The number of aromatic carboxylic acids is 1. The van der Waals surface area contributed by atoms with E-state index in [-0.39, 0.29) is 26.1 Å². The molecule has 0 heterocycles. The molecule has 1 N–H and O–H groups in total. The SMILES string of the molecule is CS(=O)(=O)c1ccc(C(=O)O)c(Cl)c1SCC#N. The maximum atomic E-state index is 11.5. The molecule has 8 heteroatoms. The van der Waals surface area contributed by atoms with Gasteiger partial charge >= 0.3 is 5.97 Å². The van der Waals surface area contributed by atoms with Crippen LogP contribution in [0.1, 0.15) is 10.4 Å². The molecule has 0 aromatic heterocycles. The van der Waals surface area contributed by atoms with Crippen LogP contribution in [0.4, 0.5) is 0 Å². The van der Waals surface area contributed by atoms with Crippen LogP contribution in [0.15, 0.2) is 21.9 Å². The maximum absolute atomic E-state index is 11.5. The van der Waals surface area contributed by atoms with Crippen molar-refractivity contribution in [1.29, 1.82) is 5.26 Å². The molecule has 18 heavy (non-hydrogen) atoms. The Morgan fingerprint density at radius 3 is 2.61 bits per heavy atom. The molecule has 0 radical (unpaired) electrons. The zero-order valence-corrected chi connectivity index (χ0v) is 11.6. The molecule has 0 saturated heterocycles. The van der Waals surface area contributed by atoms with Crippen LogP contribution in [0.5, 0.6) is 0 Å². The minimum atomic E-state index is -3.54. The number of benzene rings is 1. The summed E-state index contributed by atoms with van der Waals surface area (Å²) < 4.78 is 23.1. The minimum absolute atomic E-state index is 0.0225. The molecule has 0 saturated carbocycles. The van der Waals surface area contributed by atoms with Gasteiger partial charge in [0.15, 0.2) is 9.84 Å². The van der Waals surface area contributed by atoms with Crippen molar-refractivity contribution in [2.24, 2.45) is 0 Å². The third kappa shape index (κ3) is 3.16. The zero-order valence-electron chi connectivity index (χ0n) is 9.18. The molecule has 96 valence electrons. The number of thioether (sulfide) groups is 1. The molecule has 0 aliphatic heterocycles. The summed E-state index contributed by atoms with van der Waals surface area (Å²) in [6.07, 6.45) is 0.996. The van der Waals surface area contributed by atoms with Gasteiger partial charge in [0.2, 0.25) is 0 Å². The van der Waals surface area contributed by atoms with Crippen molar-refractivity contribution in [1.82, 2.24) is 0 Å². The molecule has 1 aromatic carbocycles. The first-order valence-electron chi connectivity index (χ1n) is 4.54. The van der Waals surface area contributed by atoms with Crippen LogP contribution >= 0.6 is 23.4 Å². The van der Waals surface area contributed by atoms with Crippen molar-refractivity contribution in [3.05, 3.63) is 22.7 Å². The molecule has 0 unspecified atom stereocenters. The van der Waals surface area contributed by atoms with E-state index < -0.39 is 15.8 Å². The summed E-state index contributed by atoms with van der Waals surface area (Å²) in [4.78, 5) is 10.9. The van der Waals surface area contributed by atoms with Gasteiger partial charge in [0, 0.05) is 11.2 Å². The highest BCUT2D eigenvalue weighted by atomic mass is 35.5. The van der Waals surface area contributed by atoms with Crippen molar-refractivity contribution >= 4 is 39.2 Å². The largest absolute Gasteiger partial charge is 0.478 e. The number of rotatable bonds is 4. The van der Waals surface area contributed by atoms with Crippen molar-refractivity contribution in [3.8, 4) is 6.07 Å². The highest BCUT2D eigenvalue weighted by molar-refractivity contribution is 8.00. The smallest absolute Gasteiger partial charge is 0.337 e. The first-order valence-corrected chi connectivity index (χ1v) is 7.80. The quantitative estimate of drug-likeness (QED) is 0.855. The van der Waals surface area contributed by atoms with Crippen molar-refractivity contribution < 1.29 is 18.3 Å². The summed E-state index contributed by atoms with van der Waals surface area (Å²) in [5, 5.41) is 17.3. The van der Waals surface area contributed by atoms with Crippen molar-refractivity contribution in [3.63, 3.8) is 0 Å². The normalized spacial score (nSPS) is 10.9. The Hall–Kier alpha value is -1.23. The number of hydrogen-bond acceptors (Lipinski definition) is 5. The molecule has 1 aromatic rings. The van der Waals surface area contributed by atoms with Gasteiger partial charge in [0.05, 0.1) is 27.3 Å². The van der Waals surface area contributed by atoms with Gasteiger partial charge < -0.3 is 5.11 Å². The fourth-order valence-corrected chi connectivity index (χ4v) is 3.74. The number of carboxylic acid groups (broad SMARTS) is 1.